The van der Waals surface area contributed by atoms with Gasteiger partial charge in [0.25, 0.3) is 0 Å². The summed E-state index contributed by atoms with van der Waals surface area (Å²) in [6, 6.07) is 0. The molecule has 0 aromatic carbocycles. The molecule has 1 aliphatic rings. The summed E-state index contributed by atoms with van der Waals surface area (Å²) < 4.78 is 4.79. The Morgan fingerprint density at radius 3 is 3.00 bits per heavy atom. The lowest BCUT2D eigenvalue weighted by Crippen LogP contribution is -2.43. The lowest BCUT2D eigenvalue weighted by atomic mass is 9.98. The summed E-state index contributed by atoms with van der Waals surface area (Å²) >= 11 is 0. The van der Waals surface area contributed by atoms with Crippen molar-refractivity contribution in [2.75, 3.05) is 19.7 Å². The minimum atomic E-state index is -0.750. The molecule has 1 heterocycles. The number of amides is 1. The van der Waals surface area contributed by atoms with Crippen molar-refractivity contribution < 1.29 is 14.6 Å². The summed E-state index contributed by atoms with van der Waals surface area (Å²) in [5.41, 5.74) is 4.86. The predicted octanol–water partition coefficient (Wildman–Crippen LogP) is -0.948. The number of aliphatic hydroxyl groups excluding tert-OH is 1. The molecule has 2 unspecified atom stereocenters. The number of piperidine rings is 1. The van der Waals surface area contributed by atoms with Crippen molar-refractivity contribution in [1.29, 1.82) is 0 Å². The first kappa shape index (κ1) is 9.28. The van der Waals surface area contributed by atoms with Crippen LogP contribution < -0.4 is 11.1 Å². The van der Waals surface area contributed by atoms with E-state index < -0.39 is 6.09 Å². The molecule has 1 fully saturated rings. The van der Waals surface area contributed by atoms with E-state index in [1.165, 1.54) is 0 Å². The molecule has 1 saturated heterocycles. The van der Waals surface area contributed by atoms with Gasteiger partial charge in [0, 0.05) is 19.7 Å². The van der Waals surface area contributed by atoms with Gasteiger partial charge in [-0.2, -0.15) is 0 Å². The van der Waals surface area contributed by atoms with Crippen molar-refractivity contribution in [3.63, 3.8) is 0 Å². The normalized spacial score (nSPS) is 29.8. The Morgan fingerprint density at radius 1 is 1.67 bits per heavy atom. The first-order chi connectivity index (χ1) is 5.72. The van der Waals surface area contributed by atoms with Crippen LogP contribution in [-0.4, -0.2) is 37.0 Å². The number of carbonyl (C=O) groups is 1. The lowest BCUT2D eigenvalue weighted by Gasteiger charge is -2.27. The van der Waals surface area contributed by atoms with Crippen LogP contribution in [0.25, 0.3) is 0 Å². The van der Waals surface area contributed by atoms with E-state index >= 15 is 0 Å². The highest BCUT2D eigenvalue weighted by molar-refractivity contribution is 5.64. The minimum absolute atomic E-state index is 0.117. The van der Waals surface area contributed by atoms with Gasteiger partial charge in [0.1, 0.15) is 6.10 Å². The standard InChI is InChI=1S/C7H14N2O3/c8-7(11)12-6-1-5(4-10)2-9-3-6/h5-6,9-10H,1-4H2,(H2,8,11). The van der Waals surface area contributed by atoms with E-state index in [0.717, 1.165) is 6.54 Å². The smallest absolute Gasteiger partial charge is 0.404 e. The number of carbonyl (C=O) groups excluding carboxylic acids is 1. The molecule has 0 spiro atoms. The molecule has 0 saturated carbocycles. The van der Waals surface area contributed by atoms with Gasteiger partial charge in [-0.15, -0.1) is 0 Å². The van der Waals surface area contributed by atoms with Crippen LogP contribution in [0.15, 0.2) is 0 Å². The molecule has 4 N–H and O–H groups in total. The SMILES string of the molecule is NC(=O)OC1CNCC(CO)C1. The highest BCUT2D eigenvalue weighted by atomic mass is 16.6. The van der Waals surface area contributed by atoms with Gasteiger partial charge in [-0.05, 0) is 12.3 Å². The van der Waals surface area contributed by atoms with Crippen molar-refractivity contribution in [3.05, 3.63) is 0 Å². The van der Waals surface area contributed by atoms with Gasteiger partial charge in [0.05, 0.1) is 0 Å². The first-order valence-corrected chi connectivity index (χ1v) is 4.00. The lowest BCUT2D eigenvalue weighted by molar-refractivity contribution is 0.0610. The van der Waals surface area contributed by atoms with Crippen molar-refractivity contribution >= 4 is 6.09 Å². The van der Waals surface area contributed by atoms with Crippen LogP contribution in [0.4, 0.5) is 4.79 Å². The van der Waals surface area contributed by atoms with Crippen LogP contribution in [0.1, 0.15) is 6.42 Å². The van der Waals surface area contributed by atoms with Crippen molar-refractivity contribution in [1.82, 2.24) is 5.32 Å². The highest BCUT2D eigenvalue weighted by Gasteiger charge is 2.22. The second-order valence-electron chi connectivity index (χ2n) is 3.00. The van der Waals surface area contributed by atoms with E-state index in [2.05, 4.69) is 5.32 Å². The second kappa shape index (κ2) is 4.27. The zero-order valence-electron chi connectivity index (χ0n) is 6.82. The molecule has 1 amide bonds. The van der Waals surface area contributed by atoms with Gasteiger partial charge in [0.2, 0.25) is 0 Å². The van der Waals surface area contributed by atoms with E-state index in [0.29, 0.717) is 13.0 Å². The zero-order valence-corrected chi connectivity index (χ0v) is 6.82. The van der Waals surface area contributed by atoms with E-state index in [1.807, 2.05) is 0 Å². The quantitative estimate of drug-likeness (QED) is 0.504. The number of hydrogen-bond acceptors (Lipinski definition) is 4. The van der Waals surface area contributed by atoms with E-state index in [-0.39, 0.29) is 18.6 Å². The summed E-state index contributed by atoms with van der Waals surface area (Å²) in [5.74, 6) is 0.170. The molecule has 0 aromatic heterocycles. The summed E-state index contributed by atoms with van der Waals surface area (Å²) in [6.07, 6.45) is -0.249. The fourth-order valence-electron chi connectivity index (χ4n) is 1.38. The summed E-state index contributed by atoms with van der Waals surface area (Å²) in [7, 11) is 0. The summed E-state index contributed by atoms with van der Waals surface area (Å²) in [6.45, 7) is 1.51. The minimum Gasteiger partial charge on any atom is -0.445 e. The zero-order chi connectivity index (χ0) is 8.97. The van der Waals surface area contributed by atoms with E-state index in [1.54, 1.807) is 0 Å². The van der Waals surface area contributed by atoms with Crippen LogP contribution >= 0.6 is 0 Å². The molecule has 1 aliphatic heterocycles. The Bertz CT molecular complexity index is 163. The van der Waals surface area contributed by atoms with Crippen molar-refractivity contribution in [2.24, 2.45) is 11.7 Å². The maximum Gasteiger partial charge on any atom is 0.404 e. The molecule has 12 heavy (non-hydrogen) atoms. The Labute approximate surface area is 70.9 Å². The fourth-order valence-corrected chi connectivity index (χ4v) is 1.38. The molecule has 0 radical (unpaired) electrons. The van der Waals surface area contributed by atoms with Crippen molar-refractivity contribution in [2.45, 2.75) is 12.5 Å². The third-order valence-corrected chi connectivity index (χ3v) is 1.94. The molecular weight excluding hydrogens is 160 g/mol. The molecule has 1 rings (SSSR count). The van der Waals surface area contributed by atoms with E-state index in [4.69, 9.17) is 15.6 Å². The fraction of sp³-hybridized carbons (Fsp3) is 0.857. The molecule has 0 bridgehead atoms. The molecule has 5 heteroatoms. The van der Waals surface area contributed by atoms with Crippen LogP contribution in [0, 0.1) is 5.92 Å². The van der Waals surface area contributed by atoms with Gasteiger partial charge in [-0.3, -0.25) is 0 Å². The number of ether oxygens (including phenoxy) is 1. The number of aliphatic hydroxyl groups is 1. The molecule has 0 aliphatic carbocycles. The number of rotatable bonds is 2. The molecular formula is C7H14N2O3. The maximum atomic E-state index is 10.4. The van der Waals surface area contributed by atoms with Gasteiger partial charge in [-0.25, -0.2) is 4.79 Å². The highest BCUT2D eigenvalue weighted by Crippen LogP contribution is 2.12. The molecule has 70 valence electrons. The van der Waals surface area contributed by atoms with Crippen LogP contribution in [0.3, 0.4) is 0 Å². The first-order valence-electron chi connectivity index (χ1n) is 4.00. The van der Waals surface area contributed by atoms with Crippen molar-refractivity contribution in [3.8, 4) is 0 Å². The van der Waals surface area contributed by atoms with Gasteiger partial charge in [0.15, 0.2) is 0 Å². The van der Waals surface area contributed by atoms with Gasteiger partial charge >= 0.3 is 6.09 Å². The molecule has 0 aromatic rings. The largest absolute Gasteiger partial charge is 0.445 e. The van der Waals surface area contributed by atoms with Crippen LogP contribution in [0.2, 0.25) is 0 Å². The molecule has 5 nitrogen and oxygen atoms in total. The number of nitrogens with two attached hydrogens (primary N) is 1. The Morgan fingerprint density at radius 2 is 2.42 bits per heavy atom. The number of primary amides is 1. The maximum absolute atomic E-state index is 10.4. The number of hydrogen-bond donors (Lipinski definition) is 3. The average molecular weight is 174 g/mol. The molecule has 2 atom stereocenters. The third-order valence-electron chi connectivity index (χ3n) is 1.94. The monoisotopic (exact) mass is 174 g/mol. The van der Waals surface area contributed by atoms with Crippen LogP contribution in [0.5, 0.6) is 0 Å². The van der Waals surface area contributed by atoms with Crippen LogP contribution in [-0.2, 0) is 4.74 Å². The number of nitrogens with one attached hydrogen (secondary N) is 1. The Kier molecular flexibility index (Phi) is 3.31. The van der Waals surface area contributed by atoms with Gasteiger partial charge in [-0.1, -0.05) is 0 Å². The Hall–Kier alpha value is -0.810. The second-order valence-corrected chi connectivity index (χ2v) is 3.00. The Balaban J connectivity index is 2.30. The predicted molar refractivity (Wildman–Crippen MR) is 42.5 cm³/mol. The van der Waals surface area contributed by atoms with E-state index in [9.17, 15) is 4.79 Å². The van der Waals surface area contributed by atoms with Gasteiger partial charge < -0.3 is 20.9 Å². The summed E-state index contributed by atoms with van der Waals surface area (Å²) in [5, 5.41) is 11.9. The summed E-state index contributed by atoms with van der Waals surface area (Å²) in [4.78, 5) is 10.4. The topological polar surface area (TPSA) is 84.6 Å². The average Bonchev–Trinajstić information content (AvgIpc) is 2.03. The third kappa shape index (κ3) is 2.67.